The molecule has 0 unspecified atom stereocenters. The topological polar surface area (TPSA) is 90.0 Å². The monoisotopic (exact) mass is 272 g/mol. The minimum absolute atomic E-state index is 0.260. The van der Waals surface area contributed by atoms with Crippen LogP contribution in [0.4, 0.5) is 0 Å². The van der Waals surface area contributed by atoms with Crippen LogP contribution in [0, 0.1) is 0 Å². The Hall–Kier alpha value is -2.63. The number of carbonyl (C=O) groups is 2. The number of nitrogens with zero attached hydrogens (tertiary/aromatic N) is 2. The molecule has 0 atom stereocenters. The molecule has 0 saturated heterocycles. The number of aromatic nitrogens is 2. The van der Waals surface area contributed by atoms with Crippen molar-refractivity contribution in [1.29, 1.82) is 0 Å². The third-order valence-electron chi connectivity index (χ3n) is 2.73. The first-order valence-corrected chi connectivity index (χ1v) is 6.34. The maximum absolute atomic E-state index is 11.8. The molecule has 0 spiro atoms. The van der Waals surface area contributed by atoms with Crippen molar-refractivity contribution in [3.8, 4) is 5.69 Å². The van der Waals surface area contributed by atoms with E-state index < -0.39 is 0 Å². The first-order chi connectivity index (χ1) is 9.66. The average molecular weight is 272 g/mol. The fourth-order valence-corrected chi connectivity index (χ4v) is 1.72. The zero-order chi connectivity index (χ0) is 14.4. The van der Waals surface area contributed by atoms with Gasteiger partial charge in [0.25, 0.3) is 5.91 Å². The van der Waals surface area contributed by atoms with E-state index in [1.165, 1.54) is 0 Å². The third kappa shape index (κ3) is 3.68. The van der Waals surface area contributed by atoms with Gasteiger partial charge in [0.2, 0.25) is 5.91 Å². The van der Waals surface area contributed by atoms with Gasteiger partial charge in [-0.25, -0.2) is 4.68 Å². The van der Waals surface area contributed by atoms with Crippen LogP contribution in [0.2, 0.25) is 0 Å². The quantitative estimate of drug-likeness (QED) is 0.764. The summed E-state index contributed by atoms with van der Waals surface area (Å²) in [5.74, 6) is -0.628. The van der Waals surface area contributed by atoms with Crippen LogP contribution in [0.25, 0.3) is 5.69 Å². The van der Waals surface area contributed by atoms with Crippen molar-refractivity contribution in [2.75, 3.05) is 6.54 Å². The van der Waals surface area contributed by atoms with E-state index in [0.29, 0.717) is 18.7 Å². The lowest BCUT2D eigenvalue weighted by Crippen LogP contribution is -2.26. The van der Waals surface area contributed by atoms with E-state index in [1.54, 1.807) is 16.9 Å². The van der Waals surface area contributed by atoms with Gasteiger partial charge in [0.15, 0.2) is 5.69 Å². The molecule has 0 aliphatic rings. The number of nitrogens with one attached hydrogen (secondary N) is 1. The fourth-order valence-electron chi connectivity index (χ4n) is 1.72. The number of carbonyl (C=O) groups excluding carboxylic acids is 2. The Morgan fingerprint density at radius 2 is 1.95 bits per heavy atom. The largest absolute Gasteiger partial charge is 0.370 e. The molecule has 0 aliphatic heterocycles. The Bertz CT molecular complexity index is 592. The predicted octanol–water partition coefficient (Wildman–Crippen LogP) is 0.868. The summed E-state index contributed by atoms with van der Waals surface area (Å²) in [5, 5.41) is 6.90. The zero-order valence-electron chi connectivity index (χ0n) is 11.0. The number of rotatable bonds is 6. The molecule has 2 amide bonds. The summed E-state index contributed by atoms with van der Waals surface area (Å²) in [6.07, 6.45) is 2.52. The van der Waals surface area contributed by atoms with E-state index in [9.17, 15) is 9.59 Å². The summed E-state index contributed by atoms with van der Waals surface area (Å²) in [5.41, 5.74) is 6.25. The highest BCUT2D eigenvalue weighted by Crippen LogP contribution is 2.06. The molecule has 104 valence electrons. The van der Waals surface area contributed by atoms with Crippen molar-refractivity contribution >= 4 is 11.8 Å². The lowest BCUT2D eigenvalue weighted by Gasteiger charge is -2.02. The lowest BCUT2D eigenvalue weighted by atomic mass is 10.3. The molecule has 20 heavy (non-hydrogen) atoms. The van der Waals surface area contributed by atoms with E-state index in [1.807, 2.05) is 30.3 Å². The Labute approximate surface area is 116 Å². The fraction of sp³-hybridized carbons (Fsp3) is 0.214. The van der Waals surface area contributed by atoms with Gasteiger partial charge in [0.05, 0.1) is 5.69 Å². The predicted molar refractivity (Wildman–Crippen MR) is 74.3 cm³/mol. The number of hydrogen-bond donors (Lipinski definition) is 2. The van der Waals surface area contributed by atoms with E-state index >= 15 is 0 Å². The highest BCUT2D eigenvalue weighted by atomic mass is 16.2. The lowest BCUT2D eigenvalue weighted by molar-refractivity contribution is -0.118. The third-order valence-corrected chi connectivity index (χ3v) is 2.73. The molecule has 2 rings (SSSR count). The van der Waals surface area contributed by atoms with Crippen LogP contribution in [-0.4, -0.2) is 28.1 Å². The molecule has 0 fully saturated rings. The normalized spacial score (nSPS) is 10.2. The number of para-hydroxylation sites is 1. The molecule has 0 aliphatic carbocycles. The number of hydrogen-bond acceptors (Lipinski definition) is 3. The van der Waals surface area contributed by atoms with Crippen LogP contribution in [0.1, 0.15) is 23.3 Å². The maximum Gasteiger partial charge on any atom is 0.271 e. The van der Waals surface area contributed by atoms with Crippen molar-refractivity contribution in [2.24, 2.45) is 5.73 Å². The second-order valence-corrected chi connectivity index (χ2v) is 4.31. The second kappa shape index (κ2) is 6.51. The van der Waals surface area contributed by atoms with Gasteiger partial charge >= 0.3 is 0 Å². The van der Waals surface area contributed by atoms with Gasteiger partial charge in [-0.05, 0) is 24.6 Å². The second-order valence-electron chi connectivity index (χ2n) is 4.31. The number of nitrogens with two attached hydrogens (primary N) is 1. The van der Waals surface area contributed by atoms with Crippen LogP contribution in [0.5, 0.6) is 0 Å². The van der Waals surface area contributed by atoms with Gasteiger partial charge in [-0.3, -0.25) is 9.59 Å². The zero-order valence-corrected chi connectivity index (χ0v) is 11.0. The molecular formula is C14H16N4O2. The van der Waals surface area contributed by atoms with Gasteiger partial charge in [-0.15, -0.1) is 0 Å². The van der Waals surface area contributed by atoms with Crippen LogP contribution in [0.15, 0.2) is 42.6 Å². The van der Waals surface area contributed by atoms with Crippen molar-refractivity contribution in [3.05, 3.63) is 48.3 Å². The Balaban J connectivity index is 1.92. The molecule has 1 aromatic carbocycles. The molecular weight excluding hydrogens is 256 g/mol. The Morgan fingerprint density at radius 3 is 2.65 bits per heavy atom. The van der Waals surface area contributed by atoms with Gasteiger partial charge in [0, 0.05) is 19.2 Å². The first-order valence-electron chi connectivity index (χ1n) is 6.34. The number of amides is 2. The van der Waals surface area contributed by atoms with E-state index in [4.69, 9.17) is 5.73 Å². The summed E-state index contributed by atoms with van der Waals surface area (Å²) >= 11 is 0. The van der Waals surface area contributed by atoms with Gasteiger partial charge in [-0.2, -0.15) is 5.10 Å². The minimum Gasteiger partial charge on any atom is -0.370 e. The standard InChI is InChI=1S/C14H16N4O2/c15-13(19)7-4-9-16-14(20)12-8-10-18(17-12)11-5-2-1-3-6-11/h1-3,5-6,8,10H,4,7,9H2,(H2,15,19)(H,16,20). The number of benzene rings is 1. The van der Waals surface area contributed by atoms with Crippen molar-refractivity contribution in [3.63, 3.8) is 0 Å². The summed E-state index contributed by atoms with van der Waals surface area (Å²) in [4.78, 5) is 22.4. The molecule has 0 saturated carbocycles. The molecule has 1 heterocycles. The van der Waals surface area contributed by atoms with Crippen LogP contribution in [-0.2, 0) is 4.79 Å². The van der Waals surface area contributed by atoms with Crippen molar-refractivity contribution < 1.29 is 9.59 Å². The molecule has 1 aromatic heterocycles. The SMILES string of the molecule is NC(=O)CCCNC(=O)c1ccn(-c2ccccc2)n1. The van der Waals surface area contributed by atoms with Crippen LogP contribution in [0.3, 0.4) is 0 Å². The summed E-state index contributed by atoms with van der Waals surface area (Å²) in [7, 11) is 0. The minimum atomic E-state index is -0.368. The molecule has 6 nitrogen and oxygen atoms in total. The smallest absolute Gasteiger partial charge is 0.271 e. The van der Waals surface area contributed by atoms with E-state index in [0.717, 1.165) is 5.69 Å². The van der Waals surface area contributed by atoms with Crippen LogP contribution >= 0.6 is 0 Å². The molecule has 0 radical (unpaired) electrons. The number of primary amides is 1. The van der Waals surface area contributed by atoms with Crippen LogP contribution < -0.4 is 11.1 Å². The van der Waals surface area contributed by atoms with Crippen molar-refractivity contribution in [1.82, 2.24) is 15.1 Å². The summed E-state index contributed by atoms with van der Waals surface area (Å²) < 4.78 is 1.64. The van der Waals surface area contributed by atoms with Gasteiger partial charge in [0.1, 0.15) is 0 Å². The molecule has 3 N–H and O–H groups in total. The average Bonchev–Trinajstić information content (AvgIpc) is 2.94. The first kappa shape index (κ1) is 13.8. The van der Waals surface area contributed by atoms with Gasteiger partial charge in [-0.1, -0.05) is 18.2 Å². The highest BCUT2D eigenvalue weighted by Gasteiger charge is 2.09. The molecule has 2 aromatic rings. The van der Waals surface area contributed by atoms with E-state index in [-0.39, 0.29) is 18.2 Å². The van der Waals surface area contributed by atoms with Crippen molar-refractivity contribution in [2.45, 2.75) is 12.8 Å². The summed E-state index contributed by atoms with van der Waals surface area (Å²) in [6.45, 7) is 0.403. The van der Waals surface area contributed by atoms with E-state index in [2.05, 4.69) is 10.4 Å². The molecule has 6 heteroatoms. The molecule has 0 bridgehead atoms. The highest BCUT2D eigenvalue weighted by molar-refractivity contribution is 5.92. The maximum atomic E-state index is 11.8. The Morgan fingerprint density at radius 1 is 1.20 bits per heavy atom. The van der Waals surface area contributed by atoms with Gasteiger partial charge < -0.3 is 11.1 Å². The summed E-state index contributed by atoms with van der Waals surface area (Å²) in [6, 6.07) is 11.2. The Kier molecular flexibility index (Phi) is 4.49.